The fourth-order valence-corrected chi connectivity index (χ4v) is 3.51. The number of benzene rings is 2. The lowest BCUT2D eigenvalue weighted by Crippen LogP contribution is -2.19. The Morgan fingerprint density at radius 3 is 2.47 bits per heavy atom. The number of aryl methyl sites for hydroxylation is 1. The van der Waals surface area contributed by atoms with Gasteiger partial charge in [0, 0.05) is 6.07 Å². The summed E-state index contributed by atoms with van der Waals surface area (Å²) >= 11 is 6.03. The number of rotatable bonds is 10. The van der Waals surface area contributed by atoms with Crippen LogP contribution < -0.4 is 10.1 Å². The van der Waals surface area contributed by atoms with Crippen molar-refractivity contribution in [2.45, 2.75) is 47.0 Å². The van der Waals surface area contributed by atoms with E-state index in [1.807, 2.05) is 45.0 Å². The van der Waals surface area contributed by atoms with Crippen LogP contribution in [0.4, 0.5) is 10.1 Å². The highest BCUT2D eigenvalue weighted by molar-refractivity contribution is 6.32. The number of carbonyl (C=O) groups excluding carboxylic acids is 2. The molecule has 0 saturated heterocycles. The van der Waals surface area contributed by atoms with Crippen LogP contribution in [0.5, 0.6) is 5.75 Å². The van der Waals surface area contributed by atoms with Gasteiger partial charge in [-0.3, -0.25) is 4.79 Å². The number of allylic oxidation sites excluding steroid dienone is 1. The molecule has 0 radical (unpaired) electrons. The monoisotopic (exact) mass is 461 g/mol. The second-order valence-electron chi connectivity index (χ2n) is 7.18. The van der Waals surface area contributed by atoms with Gasteiger partial charge < -0.3 is 14.8 Å². The van der Waals surface area contributed by atoms with Crippen LogP contribution in [0, 0.1) is 12.7 Å². The third-order valence-electron chi connectivity index (χ3n) is 4.80. The number of esters is 1. The van der Waals surface area contributed by atoms with E-state index in [0.717, 1.165) is 29.2 Å². The first kappa shape index (κ1) is 25.4. The number of amides is 1. The van der Waals surface area contributed by atoms with Gasteiger partial charge in [-0.1, -0.05) is 49.7 Å². The van der Waals surface area contributed by atoms with E-state index < -0.39 is 17.7 Å². The minimum absolute atomic E-state index is 0.0670. The molecule has 0 atom stereocenters. The molecule has 0 bridgehead atoms. The molecule has 2 aromatic carbocycles. The SMILES string of the molecule is CCCOc1cc(NC(=O)C/C(C(=O)OCC)=C(/CC)c2ccccc2C)c(F)cc1Cl. The van der Waals surface area contributed by atoms with Crippen LogP contribution >= 0.6 is 11.6 Å². The van der Waals surface area contributed by atoms with Crippen LogP contribution in [0.25, 0.3) is 5.57 Å². The second kappa shape index (κ2) is 12.2. The quantitative estimate of drug-likeness (QED) is 0.331. The molecule has 2 rings (SSSR count). The molecule has 0 spiro atoms. The number of halogens is 2. The molecular formula is C25H29ClFNO4. The number of ether oxygens (including phenoxy) is 2. The molecule has 0 fully saturated rings. The minimum atomic E-state index is -0.691. The van der Waals surface area contributed by atoms with E-state index in [1.54, 1.807) is 6.92 Å². The van der Waals surface area contributed by atoms with Gasteiger partial charge in [0.05, 0.1) is 35.9 Å². The maximum atomic E-state index is 14.4. The van der Waals surface area contributed by atoms with Crippen LogP contribution in [0.1, 0.15) is 51.2 Å². The van der Waals surface area contributed by atoms with Crippen molar-refractivity contribution in [3.8, 4) is 5.75 Å². The predicted molar refractivity (Wildman–Crippen MR) is 125 cm³/mol. The lowest BCUT2D eigenvalue weighted by atomic mass is 9.92. The lowest BCUT2D eigenvalue weighted by Gasteiger charge is -2.16. The highest BCUT2D eigenvalue weighted by Gasteiger charge is 2.22. The molecule has 172 valence electrons. The summed E-state index contributed by atoms with van der Waals surface area (Å²) in [5, 5.41) is 2.65. The van der Waals surface area contributed by atoms with Crippen LogP contribution in [-0.4, -0.2) is 25.1 Å². The van der Waals surface area contributed by atoms with Gasteiger partial charge in [0.1, 0.15) is 11.6 Å². The molecule has 2 aromatic rings. The van der Waals surface area contributed by atoms with Gasteiger partial charge in [0.15, 0.2) is 0 Å². The van der Waals surface area contributed by atoms with Crippen molar-refractivity contribution >= 4 is 34.7 Å². The van der Waals surface area contributed by atoms with E-state index in [4.69, 9.17) is 21.1 Å². The maximum Gasteiger partial charge on any atom is 0.334 e. The van der Waals surface area contributed by atoms with Crippen LogP contribution in [-0.2, 0) is 14.3 Å². The molecule has 0 aliphatic carbocycles. The van der Waals surface area contributed by atoms with Crippen molar-refractivity contribution in [3.63, 3.8) is 0 Å². The Balaban J connectivity index is 2.38. The topological polar surface area (TPSA) is 64.6 Å². The summed E-state index contributed by atoms with van der Waals surface area (Å²) in [6, 6.07) is 10.1. The standard InChI is InChI=1S/C25H29ClFNO4/c1-5-12-32-23-15-22(21(27)14-20(23)26)28-24(29)13-19(25(30)31-7-3)17(6-2)18-11-9-8-10-16(18)4/h8-11,14-15H,5-7,12-13H2,1-4H3,(H,28,29)/b19-17+. The molecule has 0 aliphatic heterocycles. The van der Waals surface area contributed by atoms with Crippen molar-refractivity contribution < 1.29 is 23.5 Å². The Labute approximate surface area is 193 Å². The fourth-order valence-electron chi connectivity index (χ4n) is 3.30. The van der Waals surface area contributed by atoms with Crippen LogP contribution in [0.3, 0.4) is 0 Å². The summed E-state index contributed by atoms with van der Waals surface area (Å²) < 4.78 is 25.1. The summed E-state index contributed by atoms with van der Waals surface area (Å²) in [5.41, 5.74) is 2.76. The van der Waals surface area contributed by atoms with Gasteiger partial charge in [-0.05, 0) is 49.5 Å². The van der Waals surface area contributed by atoms with Gasteiger partial charge in [0.25, 0.3) is 0 Å². The molecule has 0 aliphatic rings. The van der Waals surface area contributed by atoms with Crippen molar-refractivity contribution in [1.29, 1.82) is 0 Å². The largest absolute Gasteiger partial charge is 0.492 e. The Kier molecular flexibility index (Phi) is 9.72. The average molecular weight is 462 g/mol. The maximum absolute atomic E-state index is 14.4. The third kappa shape index (κ3) is 6.57. The van der Waals surface area contributed by atoms with E-state index >= 15 is 0 Å². The summed E-state index contributed by atoms with van der Waals surface area (Å²) in [6.45, 7) is 8.08. The van der Waals surface area contributed by atoms with Crippen LogP contribution in [0.2, 0.25) is 5.02 Å². The molecule has 0 aromatic heterocycles. The van der Waals surface area contributed by atoms with Gasteiger partial charge in [-0.2, -0.15) is 0 Å². The number of carbonyl (C=O) groups is 2. The highest BCUT2D eigenvalue weighted by atomic mass is 35.5. The molecule has 0 heterocycles. The number of hydrogen-bond acceptors (Lipinski definition) is 4. The highest BCUT2D eigenvalue weighted by Crippen LogP contribution is 2.32. The summed E-state index contributed by atoms with van der Waals surface area (Å²) in [4.78, 5) is 25.6. The predicted octanol–water partition coefficient (Wildman–Crippen LogP) is 6.33. The van der Waals surface area contributed by atoms with Gasteiger partial charge in [-0.15, -0.1) is 0 Å². The van der Waals surface area contributed by atoms with Crippen molar-refractivity contribution in [1.82, 2.24) is 0 Å². The average Bonchev–Trinajstić information content (AvgIpc) is 2.76. The molecule has 1 amide bonds. The fraction of sp³-hybridized carbons (Fsp3) is 0.360. The van der Waals surface area contributed by atoms with Crippen LogP contribution in [0.15, 0.2) is 42.0 Å². The minimum Gasteiger partial charge on any atom is -0.492 e. The molecule has 7 heteroatoms. The van der Waals surface area contributed by atoms with E-state index in [2.05, 4.69) is 5.32 Å². The Bertz CT molecular complexity index is 1000. The Morgan fingerprint density at radius 1 is 1.12 bits per heavy atom. The van der Waals surface area contributed by atoms with Gasteiger partial charge in [-0.25, -0.2) is 9.18 Å². The van der Waals surface area contributed by atoms with E-state index in [1.165, 1.54) is 6.07 Å². The third-order valence-corrected chi connectivity index (χ3v) is 5.10. The van der Waals surface area contributed by atoms with Gasteiger partial charge >= 0.3 is 5.97 Å². The first-order valence-corrected chi connectivity index (χ1v) is 11.1. The van der Waals surface area contributed by atoms with E-state index in [0.29, 0.717) is 13.0 Å². The molecule has 0 saturated carbocycles. The first-order valence-electron chi connectivity index (χ1n) is 10.7. The summed E-state index contributed by atoms with van der Waals surface area (Å²) in [5.74, 6) is -1.52. The second-order valence-corrected chi connectivity index (χ2v) is 7.59. The van der Waals surface area contributed by atoms with Crippen molar-refractivity contribution in [2.75, 3.05) is 18.5 Å². The molecule has 1 N–H and O–H groups in total. The zero-order valence-electron chi connectivity index (χ0n) is 18.9. The van der Waals surface area contributed by atoms with Gasteiger partial charge in [0.2, 0.25) is 5.91 Å². The molecule has 0 unspecified atom stereocenters. The molecule has 32 heavy (non-hydrogen) atoms. The van der Waals surface area contributed by atoms with Crippen molar-refractivity contribution in [2.24, 2.45) is 0 Å². The number of nitrogens with one attached hydrogen (secondary N) is 1. The zero-order valence-corrected chi connectivity index (χ0v) is 19.6. The first-order chi connectivity index (χ1) is 15.3. The number of hydrogen-bond donors (Lipinski definition) is 1. The normalized spacial score (nSPS) is 11.6. The van der Waals surface area contributed by atoms with E-state index in [-0.39, 0.29) is 35.1 Å². The summed E-state index contributed by atoms with van der Waals surface area (Å²) in [6.07, 6.45) is 1.02. The lowest BCUT2D eigenvalue weighted by molar-refractivity contribution is -0.139. The smallest absolute Gasteiger partial charge is 0.334 e. The number of anilines is 1. The summed E-state index contributed by atoms with van der Waals surface area (Å²) in [7, 11) is 0. The molecular weight excluding hydrogens is 433 g/mol. The van der Waals surface area contributed by atoms with E-state index in [9.17, 15) is 14.0 Å². The van der Waals surface area contributed by atoms with Crippen molar-refractivity contribution in [3.05, 3.63) is 63.9 Å². The molecule has 5 nitrogen and oxygen atoms in total. The Morgan fingerprint density at radius 2 is 1.84 bits per heavy atom. The Hall–Kier alpha value is -2.86. The zero-order chi connectivity index (χ0) is 23.7.